The number of methoxy groups -OCH3 is 1. The molecule has 0 aliphatic carbocycles. The van der Waals surface area contributed by atoms with Crippen molar-refractivity contribution in [2.45, 2.75) is 6.42 Å². The molecule has 0 saturated heterocycles. The summed E-state index contributed by atoms with van der Waals surface area (Å²) in [7, 11) is 1.32. The average molecular weight is 404 g/mol. The van der Waals surface area contributed by atoms with Crippen molar-refractivity contribution >= 4 is 54.6 Å². The van der Waals surface area contributed by atoms with E-state index in [1.54, 1.807) is 6.20 Å². The molecular weight excluding hydrogens is 392 g/mol. The number of benzene rings is 1. The van der Waals surface area contributed by atoms with Gasteiger partial charge in [0.2, 0.25) is 0 Å². The summed E-state index contributed by atoms with van der Waals surface area (Å²) in [6, 6.07) is 3.76. The van der Waals surface area contributed by atoms with Gasteiger partial charge in [0.1, 0.15) is 0 Å². The van der Waals surface area contributed by atoms with Gasteiger partial charge in [-0.1, -0.05) is 0 Å². The summed E-state index contributed by atoms with van der Waals surface area (Å²) < 4.78 is 6.29. The molecular formula is C13H12Br2N2O3. The van der Waals surface area contributed by atoms with Crippen LogP contribution in [0.25, 0.3) is 10.9 Å². The second kappa shape index (κ2) is 6.41. The van der Waals surface area contributed by atoms with Crippen LogP contribution in [0.3, 0.4) is 0 Å². The number of esters is 1. The quantitative estimate of drug-likeness (QED) is 0.771. The smallest absolute Gasteiger partial charge is 0.307 e. The zero-order chi connectivity index (χ0) is 14.7. The molecule has 1 aromatic carbocycles. The Morgan fingerprint density at radius 3 is 2.70 bits per heavy atom. The van der Waals surface area contributed by atoms with Gasteiger partial charge in [0.25, 0.3) is 5.91 Å². The Morgan fingerprint density at radius 2 is 2.00 bits per heavy atom. The van der Waals surface area contributed by atoms with Gasteiger partial charge >= 0.3 is 5.97 Å². The standard InChI is InChI=1S/C13H12Br2N2O3/c1-20-12(18)2-3-16-13(19)8-6-17-11-5-10(15)9(14)4-7(8)11/h4-6,17H,2-3H2,1H3,(H,16,19). The minimum absolute atomic E-state index is 0.153. The van der Waals surface area contributed by atoms with Crippen molar-refractivity contribution < 1.29 is 14.3 Å². The van der Waals surface area contributed by atoms with E-state index in [1.165, 1.54) is 7.11 Å². The fourth-order valence-corrected chi connectivity index (χ4v) is 2.47. The lowest BCUT2D eigenvalue weighted by atomic mass is 10.1. The number of ether oxygens (including phenoxy) is 1. The number of aromatic nitrogens is 1. The van der Waals surface area contributed by atoms with E-state index in [9.17, 15) is 9.59 Å². The summed E-state index contributed by atoms with van der Waals surface area (Å²) in [5, 5.41) is 3.51. The lowest BCUT2D eigenvalue weighted by Crippen LogP contribution is -2.26. The Balaban J connectivity index is 2.14. The first-order valence-corrected chi connectivity index (χ1v) is 7.42. The molecule has 0 unspecified atom stereocenters. The summed E-state index contributed by atoms with van der Waals surface area (Å²) in [6.07, 6.45) is 1.80. The number of H-pyrrole nitrogens is 1. The molecule has 0 aliphatic heterocycles. The number of halogens is 2. The van der Waals surface area contributed by atoms with Crippen molar-refractivity contribution in [3.05, 3.63) is 32.8 Å². The third kappa shape index (κ3) is 3.21. The van der Waals surface area contributed by atoms with Crippen LogP contribution in [-0.2, 0) is 9.53 Å². The summed E-state index contributed by atoms with van der Waals surface area (Å²) in [6.45, 7) is 0.246. The van der Waals surface area contributed by atoms with Crippen LogP contribution in [0.2, 0.25) is 0 Å². The van der Waals surface area contributed by atoms with E-state index in [-0.39, 0.29) is 24.8 Å². The fourth-order valence-electron chi connectivity index (χ4n) is 1.78. The molecule has 0 atom stereocenters. The highest BCUT2D eigenvalue weighted by Crippen LogP contribution is 2.29. The molecule has 2 aromatic rings. The predicted octanol–water partition coefficient (Wildman–Crippen LogP) is 2.99. The molecule has 106 valence electrons. The zero-order valence-corrected chi connectivity index (χ0v) is 13.8. The number of fused-ring (bicyclic) bond motifs is 1. The third-order valence-electron chi connectivity index (χ3n) is 2.81. The average Bonchev–Trinajstić information content (AvgIpc) is 2.81. The lowest BCUT2D eigenvalue weighted by Gasteiger charge is -2.04. The van der Waals surface area contributed by atoms with Gasteiger partial charge in [-0.05, 0) is 44.0 Å². The second-order valence-corrected chi connectivity index (χ2v) is 5.80. The number of nitrogens with one attached hydrogen (secondary N) is 2. The number of hydrogen-bond acceptors (Lipinski definition) is 3. The highest BCUT2D eigenvalue weighted by Gasteiger charge is 2.13. The summed E-state index contributed by atoms with van der Waals surface area (Å²) >= 11 is 6.82. The van der Waals surface area contributed by atoms with Gasteiger partial charge in [-0.3, -0.25) is 9.59 Å². The van der Waals surface area contributed by atoms with Gasteiger partial charge in [-0.2, -0.15) is 0 Å². The van der Waals surface area contributed by atoms with E-state index in [1.807, 2.05) is 12.1 Å². The summed E-state index contributed by atoms with van der Waals surface area (Å²) in [5.74, 6) is -0.578. The molecule has 2 N–H and O–H groups in total. The molecule has 2 rings (SSSR count). The zero-order valence-electron chi connectivity index (χ0n) is 10.6. The van der Waals surface area contributed by atoms with E-state index in [2.05, 4.69) is 46.9 Å². The van der Waals surface area contributed by atoms with Crippen LogP contribution >= 0.6 is 31.9 Å². The number of hydrogen-bond donors (Lipinski definition) is 2. The van der Waals surface area contributed by atoms with Gasteiger partial charge < -0.3 is 15.0 Å². The molecule has 0 saturated carbocycles. The van der Waals surface area contributed by atoms with E-state index >= 15 is 0 Å². The van der Waals surface area contributed by atoms with Crippen molar-refractivity contribution in [2.75, 3.05) is 13.7 Å². The van der Waals surface area contributed by atoms with Crippen molar-refractivity contribution in [3.63, 3.8) is 0 Å². The first kappa shape index (κ1) is 15.1. The molecule has 0 spiro atoms. The van der Waals surface area contributed by atoms with Crippen LogP contribution < -0.4 is 5.32 Å². The van der Waals surface area contributed by atoms with Crippen LogP contribution in [0, 0.1) is 0 Å². The first-order valence-electron chi connectivity index (χ1n) is 5.84. The van der Waals surface area contributed by atoms with Crippen LogP contribution in [-0.4, -0.2) is 30.5 Å². The maximum absolute atomic E-state index is 12.1. The summed E-state index contributed by atoms with van der Waals surface area (Å²) in [4.78, 5) is 26.1. The van der Waals surface area contributed by atoms with Gasteiger partial charge in [0.05, 0.1) is 19.1 Å². The molecule has 0 bridgehead atoms. The van der Waals surface area contributed by atoms with Crippen LogP contribution in [0.15, 0.2) is 27.3 Å². The van der Waals surface area contributed by atoms with E-state index in [0.717, 1.165) is 19.8 Å². The van der Waals surface area contributed by atoms with E-state index in [0.29, 0.717) is 5.56 Å². The molecule has 1 aromatic heterocycles. The van der Waals surface area contributed by atoms with Crippen LogP contribution in [0.1, 0.15) is 16.8 Å². The van der Waals surface area contributed by atoms with Crippen molar-refractivity contribution in [1.82, 2.24) is 10.3 Å². The Kier molecular flexibility index (Phi) is 4.82. The highest BCUT2D eigenvalue weighted by atomic mass is 79.9. The SMILES string of the molecule is COC(=O)CCNC(=O)c1c[nH]c2cc(Br)c(Br)cc12. The highest BCUT2D eigenvalue weighted by molar-refractivity contribution is 9.13. The molecule has 7 heteroatoms. The minimum Gasteiger partial charge on any atom is -0.469 e. The molecule has 0 aliphatic rings. The molecule has 0 fully saturated rings. The topological polar surface area (TPSA) is 71.2 Å². The van der Waals surface area contributed by atoms with E-state index < -0.39 is 0 Å². The van der Waals surface area contributed by atoms with Crippen molar-refractivity contribution in [1.29, 1.82) is 0 Å². The Hall–Kier alpha value is -1.34. The van der Waals surface area contributed by atoms with Gasteiger partial charge in [0.15, 0.2) is 0 Å². The number of carbonyl (C=O) groups is 2. The molecule has 1 heterocycles. The molecule has 0 radical (unpaired) electrons. The maximum atomic E-state index is 12.1. The monoisotopic (exact) mass is 402 g/mol. The minimum atomic E-state index is -0.351. The molecule has 20 heavy (non-hydrogen) atoms. The Bertz CT molecular complexity index is 667. The number of amides is 1. The van der Waals surface area contributed by atoms with Gasteiger partial charge in [0, 0.05) is 32.6 Å². The van der Waals surface area contributed by atoms with Gasteiger partial charge in [-0.25, -0.2) is 0 Å². The first-order chi connectivity index (χ1) is 9.52. The largest absolute Gasteiger partial charge is 0.469 e. The van der Waals surface area contributed by atoms with Crippen molar-refractivity contribution in [3.8, 4) is 0 Å². The van der Waals surface area contributed by atoms with Crippen molar-refractivity contribution in [2.24, 2.45) is 0 Å². The Labute approximate surface area is 132 Å². The maximum Gasteiger partial charge on any atom is 0.307 e. The Morgan fingerprint density at radius 1 is 1.30 bits per heavy atom. The third-order valence-corrected chi connectivity index (χ3v) is 4.65. The van der Waals surface area contributed by atoms with E-state index in [4.69, 9.17) is 0 Å². The second-order valence-electron chi connectivity index (χ2n) is 4.10. The number of aromatic amines is 1. The lowest BCUT2D eigenvalue weighted by molar-refractivity contribution is -0.140. The normalized spacial score (nSPS) is 10.6. The number of carbonyl (C=O) groups excluding carboxylic acids is 2. The van der Waals surface area contributed by atoms with Gasteiger partial charge in [-0.15, -0.1) is 0 Å². The molecule has 1 amide bonds. The number of rotatable bonds is 4. The molecule has 5 nitrogen and oxygen atoms in total. The fraction of sp³-hybridized carbons (Fsp3) is 0.231. The predicted molar refractivity (Wildman–Crippen MR) is 82.7 cm³/mol. The van der Waals surface area contributed by atoms with Crippen LogP contribution in [0.5, 0.6) is 0 Å². The van der Waals surface area contributed by atoms with Crippen LogP contribution in [0.4, 0.5) is 0 Å². The summed E-state index contributed by atoms with van der Waals surface area (Å²) in [5.41, 5.74) is 1.40.